The SMILES string of the molecule is CC(C)OC(CO)OC1COC1(C)C. The molecule has 0 aromatic heterocycles. The first kappa shape index (κ1) is 11.9. The zero-order valence-corrected chi connectivity index (χ0v) is 9.32. The summed E-state index contributed by atoms with van der Waals surface area (Å²) in [6.45, 7) is 8.20. The largest absolute Gasteiger partial charge is 0.391 e. The monoisotopic (exact) mass is 204 g/mol. The maximum atomic E-state index is 9.02. The minimum absolute atomic E-state index is 0.0124. The Morgan fingerprint density at radius 3 is 2.43 bits per heavy atom. The molecule has 0 spiro atoms. The molecule has 0 aromatic carbocycles. The average Bonchev–Trinajstić information content (AvgIpc) is 2.09. The van der Waals surface area contributed by atoms with Crippen LogP contribution in [0.4, 0.5) is 0 Å². The lowest BCUT2D eigenvalue weighted by molar-refractivity contribution is -0.302. The third kappa shape index (κ3) is 2.92. The van der Waals surface area contributed by atoms with Crippen molar-refractivity contribution in [1.82, 2.24) is 0 Å². The van der Waals surface area contributed by atoms with Crippen LogP contribution in [0.5, 0.6) is 0 Å². The molecule has 1 aliphatic heterocycles. The summed E-state index contributed by atoms with van der Waals surface area (Å²) in [6.07, 6.45) is -0.474. The first-order valence-electron chi connectivity index (χ1n) is 5.01. The molecule has 1 rings (SSSR count). The molecule has 1 saturated heterocycles. The maximum absolute atomic E-state index is 9.02. The predicted octanol–water partition coefficient (Wildman–Crippen LogP) is 0.924. The Hall–Kier alpha value is -0.160. The second-order valence-electron chi connectivity index (χ2n) is 4.34. The smallest absolute Gasteiger partial charge is 0.181 e. The highest BCUT2D eigenvalue weighted by Crippen LogP contribution is 2.29. The number of aliphatic hydroxyl groups is 1. The standard InChI is InChI=1S/C10H20O4/c1-7(2)13-9(5-11)14-8-6-12-10(8,3)4/h7-9,11H,5-6H2,1-4H3. The van der Waals surface area contributed by atoms with Crippen LogP contribution < -0.4 is 0 Å². The van der Waals surface area contributed by atoms with Crippen LogP contribution in [0.3, 0.4) is 0 Å². The second-order valence-corrected chi connectivity index (χ2v) is 4.34. The van der Waals surface area contributed by atoms with Crippen molar-refractivity contribution in [2.45, 2.75) is 51.8 Å². The summed E-state index contributed by atoms with van der Waals surface area (Å²) in [5, 5.41) is 9.02. The Kier molecular flexibility index (Phi) is 3.89. The molecule has 0 aliphatic carbocycles. The van der Waals surface area contributed by atoms with Gasteiger partial charge in [-0.25, -0.2) is 0 Å². The van der Waals surface area contributed by atoms with Gasteiger partial charge in [-0.1, -0.05) is 0 Å². The Labute approximate surface area is 85.2 Å². The first-order chi connectivity index (χ1) is 6.45. The molecule has 14 heavy (non-hydrogen) atoms. The first-order valence-corrected chi connectivity index (χ1v) is 5.01. The van der Waals surface area contributed by atoms with Gasteiger partial charge in [-0.2, -0.15) is 0 Å². The van der Waals surface area contributed by atoms with Gasteiger partial charge in [0, 0.05) is 0 Å². The van der Waals surface area contributed by atoms with Crippen LogP contribution >= 0.6 is 0 Å². The van der Waals surface area contributed by atoms with E-state index in [-0.39, 0.29) is 24.4 Å². The van der Waals surface area contributed by atoms with Crippen molar-refractivity contribution < 1.29 is 19.3 Å². The summed E-state index contributed by atoms with van der Waals surface area (Å²) in [7, 11) is 0. The Balaban J connectivity index is 2.33. The van der Waals surface area contributed by atoms with Crippen molar-refractivity contribution in [3.05, 3.63) is 0 Å². The van der Waals surface area contributed by atoms with Crippen molar-refractivity contribution >= 4 is 0 Å². The number of aliphatic hydroxyl groups excluding tert-OH is 1. The van der Waals surface area contributed by atoms with Gasteiger partial charge in [0.05, 0.1) is 24.9 Å². The van der Waals surface area contributed by atoms with Gasteiger partial charge in [-0.3, -0.25) is 0 Å². The van der Waals surface area contributed by atoms with E-state index in [1.165, 1.54) is 0 Å². The van der Waals surface area contributed by atoms with Crippen molar-refractivity contribution in [3.8, 4) is 0 Å². The van der Waals surface area contributed by atoms with E-state index in [4.69, 9.17) is 19.3 Å². The van der Waals surface area contributed by atoms with Gasteiger partial charge in [-0.15, -0.1) is 0 Å². The van der Waals surface area contributed by atoms with Crippen LogP contribution in [0.2, 0.25) is 0 Å². The maximum Gasteiger partial charge on any atom is 0.181 e. The van der Waals surface area contributed by atoms with E-state index in [0.29, 0.717) is 6.61 Å². The van der Waals surface area contributed by atoms with E-state index in [1.807, 2.05) is 27.7 Å². The van der Waals surface area contributed by atoms with Crippen molar-refractivity contribution in [2.75, 3.05) is 13.2 Å². The topological polar surface area (TPSA) is 47.9 Å². The van der Waals surface area contributed by atoms with Gasteiger partial charge in [-0.05, 0) is 27.7 Å². The molecule has 0 radical (unpaired) electrons. The third-order valence-corrected chi connectivity index (χ3v) is 2.27. The molecular formula is C10H20O4. The molecule has 1 fully saturated rings. The highest BCUT2D eigenvalue weighted by Gasteiger charge is 2.42. The van der Waals surface area contributed by atoms with Crippen molar-refractivity contribution in [1.29, 1.82) is 0 Å². The molecule has 1 heterocycles. The van der Waals surface area contributed by atoms with Gasteiger partial charge in [0.25, 0.3) is 0 Å². The van der Waals surface area contributed by atoms with E-state index in [1.54, 1.807) is 0 Å². The van der Waals surface area contributed by atoms with E-state index in [2.05, 4.69) is 0 Å². The molecular weight excluding hydrogens is 184 g/mol. The van der Waals surface area contributed by atoms with Gasteiger partial charge in [0.15, 0.2) is 6.29 Å². The number of rotatable bonds is 5. The van der Waals surface area contributed by atoms with E-state index >= 15 is 0 Å². The van der Waals surface area contributed by atoms with Crippen LogP contribution in [-0.2, 0) is 14.2 Å². The van der Waals surface area contributed by atoms with Gasteiger partial charge in [0.2, 0.25) is 0 Å². The highest BCUT2D eigenvalue weighted by molar-refractivity contribution is 4.89. The average molecular weight is 204 g/mol. The molecule has 4 nitrogen and oxygen atoms in total. The van der Waals surface area contributed by atoms with E-state index in [9.17, 15) is 0 Å². The van der Waals surface area contributed by atoms with Crippen LogP contribution in [0.1, 0.15) is 27.7 Å². The lowest BCUT2D eigenvalue weighted by Gasteiger charge is -2.45. The molecule has 0 aromatic rings. The van der Waals surface area contributed by atoms with Gasteiger partial charge in [0.1, 0.15) is 6.10 Å². The summed E-state index contributed by atoms with van der Waals surface area (Å²) < 4.78 is 16.3. The Morgan fingerprint density at radius 2 is 2.14 bits per heavy atom. The molecule has 0 bridgehead atoms. The number of hydrogen-bond donors (Lipinski definition) is 1. The van der Waals surface area contributed by atoms with Crippen molar-refractivity contribution in [3.63, 3.8) is 0 Å². The number of hydrogen-bond acceptors (Lipinski definition) is 4. The summed E-state index contributed by atoms with van der Waals surface area (Å²) in [4.78, 5) is 0. The predicted molar refractivity (Wildman–Crippen MR) is 52.0 cm³/mol. The molecule has 1 aliphatic rings. The highest BCUT2D eigenvalue weighted by atomic mass is 16.7. The van der Waals surface area contributed by atoms with Gasteiger partial charge < -0.3 is 19.3 Å². The molecule has 0 amide bonds. The van der Waals surface area contributed by atoms with E-state index in [0.717, 1.165) is 0 Å². The summed E-state index contributed by atoms with van der Waals surface area (Å²) in [5.41, 5.74) is -0.256. The summed E-state index contributed by atoms with van der Waals surface area (Å²) in [5.74, 6) is 0. The third-order valence-electron chi connectivity index (χ3n) is 2.27. The molecule has 2 atom stereocenters. The van der Waals surface area contributed by atoms with E-state index < -0.39 is 6.29 Å². The molecule has 84 valence electrons. The zero-order chi connectivity index (χ0) is 10.8. The van der Waals surface area contributed by atoms with Crippen molar-refractivity contribution in [2.24, 2.45) is 0 Å². The van der Waals surface area contributed by atoms with Crippen LogP contribution in [-0.4, -0.2) is 42.4 Å². The number of ether oxygens (including phenoxy) is 3. The minimum atomic E-state index is -0.539. The lowest BCUT2D eigenvalue weighted by atomic mass is 9.96. The van der Waals surface area contributed by atoms with Crippen LogP contribution in [0, 0.1) is 0 Å². The second kappa shape index (κ2) is 4.57. The lowest BCUT2D eigenvalue weighted by Crippen LogP contribution is -2.56. The molecule has 1 N–H and O–H groups in total. The minimum Gasteiger partial charge on any atom is -0.391 e. The Bertz CT molecular complexity index is 179. The van der Waals surface area contributed by atoms with Crippen LogP contribution in [0.25, 0.3) is 0 Å². The normalized spacial score (nSPS) is 27.4. The molecule has 4 heteroatoms. The quantitative estimate of drug-likeness (QED) is 0.677. The fourth-order valence-corrected chi connectivity index (χ4v) is 1.29. The summed E-state index contributed by atoms with van der Waals surface area (Å²) >= 11 is 0. The fraction of sp³-hybridized carbons (Fsp3) is 1.00. The van der Waals surface area contributed by atoms with Crippen LogP contribution in [0.15, 0.2) is 0 Å². The van der Waals surface area contributed by atoms with Gasteiger partial charge >= 0.3 is 0 Å². The molecule has 0 saturated carbocycles. The molecule has 2 unspecified atom stereocenters. The Morgan fingerprint density at radius 1 is 1.50 bits per heavy atom. The fourth-order valence-electron chi connectivity index (χ4n) is 1.29. The summed E-state index contributed by atoms with van der Waals surface area (Å²) in [6, 6.07) is 0. The zero-order valence-electron chi connectivity index (χ0n) is 9.32.